The number of hydrogen-bond donors (Lipinski definition) is 1. The van der Waals surface area contributed by atoms with E-state index < -0.39 is 0 Å². The molecule has 0 aromatic carbocycles. The Morgan fingerprint density at radius 2 is 2.11 bits per heavy atom. The van der Waals surface area contributed by atoms with E-state index in [0.29, 0.717) is 0 Å². The van der Waals surface area contributed by atoms with Crippen LogP contribution in [0.15, 0.2) is 18.2 Å². The second kappa shape index (κ2) is 6.02. The summed E-state index contributed by atoms with van der Waals surface area (Å²) in [5.41, 5.74) is 1.00. The molecule has 2 rings (SSSR count). The lowest BCUT2D eigenvalue weighted by Gasteiger charge is -1.99. The first-order valence-corrected chi connectivity index (χ1v) is 6.89. The summed E-state index contributed by atoms with van der Waals surface area (Å²) in [7, 11) is 3.54. The van der Waals surface area contributed by atoms with Crippen LogP contribution >= 0.6 is 11.3 Å². The molecule has 0 saturated heterocycles. The fourth-order valence-electron chi connectivity index (χ4n) is 1.81. The molecular formula is C13H19N3OS. The minimum atomic E-state index is 0.760. The van der Waals surface area contributed by atoms with E-state index in [0.717, 1.165) is 31.1 Å². The van der Waals surface area contributed by atoms with Gasteiger partial charge in [0.15, 0.2) is 0 Å². The second-order valence-corrected chi connectivity index (χ2v) is 5.38. The van der Waals surface area contributed by atoms with Gasteiger partial charge in [-0.3, -0.25) is 0 Å². The second-order valence-electron chi connectivity index (χ2n) is 4.13. The van der Waals surface area contributed by atoms with E-state index in [1.54, 1.807) is 11.8 Å². The summed E-state index contributed by atoms with van der Waals surface area (Å²) in [6.45, 7) is 3.84. The number of nitrogens with zero attached hydrogens (tertiary/aromatic N) is 2. The predicted octanol–water partition coefficient (Wildman–Crippen LogP) is 2.34. The average Bonchev–Trinajstić information content (AvgIpc) is 2.96. The van der Waals surface area contributed by atoms with Gasteiger partial charge in [0.2, 0.25) is 5.88 Å². The maximum atomic E-state index is 5.18. The van der Waals surface area contributed by atoms with E-state index >= 15 is 0 Å². The van der Waals surface area contributed by atoms with Crippen molar-refractivity contribution in [2.45, 2.75) is 26.4 Å². The zero-order valence-electron chi connectivity index (χ0n) is 11.1. The molecule has 2 heterocycles. The topological polar surface area (TPSA) is 39.1 Å². The van der Waals surface area contributed by atoms with E-state index in [1.807, 2.05) is 24.5 Å². The predicted molar refractivity (Wildman–Crippen MR) is 74.0 cm³/mol. The van der Waals surface area contributed by atoms with Crippen molar-refractivity contribution in [2.24, 2.45) is 7.05 Å². The Hall–Kier alpha value is -1.33. The van der Waals surface area contributed by atoms with Crippen LogP contribution in [0.5, 0.6) is 5.88 Å². The lowest BCUT2D eigenvalue weighted by Crippen LogP contribution is -2.12. The van der Waals surface area contributed by atoms with Crippen molar-refractivity contribution in [2.75, 3.05) is 7.11 Å². The first-order chi connectivity index (χ1) is 8.72. The van der Waals surface area contributed by atoms with E-state index in [4.69, 9.17) is 4.74 Å². The summed E-state index contributed by atoms with van der Waals surface area (Å²) in [5.74, 6) is 0.788. The number of rotatable bonds is 6. The van der Waals surface area contributed by atoms with Crippen LogP contribution in [0.2, 0.25) is 0 Å². The third kappa shape index (κ3) is 3.11. The van der Waals surface area contributed by atoms with Gasteiger partial charge in [0.25, 0.3) is 0 Å². The van der Waals surface area contributed by atoms with Crippen LogP contribution in [-0.2, 0) is 26.6 Å². The van der Waals surface area contributed by atoms with Crippen LogP contribution in [0.25, 0.3) is 0 Å². The smallest absolute Gasteiger partial charge is 0.211 e. The summed E-state index contributed by atoms with van der Waals surface area (Å²) in [6.07, 6.45) is 1.11. The van der Waals surface area contributed by atoms with Crippen LogP contribution in [0, 0.1) is 0 Å². The zero-order chi connectivity index (χ0) is 13.0. The van der Waals surface area contributed by atoms with Gasteiger partial charge in [-0.2, -0.15) is 5.10 Å². The Morgan fingerprint density at radius 3 is 2.72 bits per heavy atom. The van der Waals surface area contributed by atoms with Gasteiger partial charge in [-0.25, -0.2) is 4.68 Å². The van der Waals surface area contributed by atoms with Crippen molar-refractivity contribution < 1.29 is 4.74 Å². The number of aryl methyl sites for hydroxylation is 2. The van der Waals surface area contributed by atoms with Gasteiger partial charge in [0.1, 0.15) is 0 Å². The minimum absolute atomic E-state index is 0.760. The molecule has 0 amide bonds. The van der Waals surface area contributed by atoms with Crippen LogP contribution < -0.4 is 10.1 Å². The summed E-state index contributed by atoms with van der Waals surface area (Å²) in [4.78, 5) is 2.81. The van der Waals surface area contributed by atoms with Crippen LogP contribution in [0.4, 0.5) is 0 Å². The lowest BCUT2D eigenvalue weighted by molar-refractivity contribution is 0.373. The molecular weight excluding hydrogens is 246 g/mol. The molecule has 2 aromatic rings. The maximum Gasteiger partial charge on any atom is 0.211 e. The van der Waals surface area contributed by atoms with Crippen molar-refractivity contribution in [3.8, 4) is 5.88 Å². The molecule has 0 spiro atoms. The van der Waals surface area contributed by atoms with Gasteiger partial charge >= 0.3 is 0 Å². The number of nitrogens with one attached hydrogen (secondary N) is 1. The highest BCUT2D eigenvalue weighted by Gasteiger charge is 2.04. The van der Waals surface area contributed by atoms with Gasteiger partial charge in [-0.1, -0.05) is 6.92 Å². The molecule has 5 heteroatoms. The molecule has 0 aliphatic carbocycles. The number of ether oxygens (including phenoxy) is 1. The first kappa shape index (κ1) is 13.1. The van der Waals surface area contributed by atoms with E-state index in [9.17, 15) is 0 Å². The summed E-state index contributed by atoms with van der Waals surface area (Å²) in [5, 5.41) is 7.77. The minimum Gasteiger partial charge on any atom is -0.481 e. The van der Waals surface area contributed by atoms with Gasteiger partial charge in [0.05, 0.1) is 12.8 Å². The van der Waals surface area contributed by atoms with Crippen LogP contribution in [0.3, 0.4) is 0 Å². The quantitative estimate of drug-likeness (QED) is 0.871. The number of methoxy groups -OCH3 is 1. The molecule has 4 nitrogen and oxygen atoms in total. The number of hydrogen-bond acceptors (Lipinski definition) is 4. The molecule has 0 radical (unpaired) electrons. The maximum absolute atomic E-state index is 5.18. The van der Waals surface area contributed by atoms with Crippen molar-refractivity contribution in [3.05, 3.63) is 33.6 Å². The molecule has 1 N–H and O–H groups in total. The molecule has 0 unspecified atom stereocenters. The van der Waals surface area contributed by atoms with Gasteiger partial charge in [0, 0.05) is 36.0 Å². The molecule has 0 bridgehead atoms. The van der Waals surface area contributed by atoms with Crippen molar-refractivity contribution in [1.29, 1.82) is 0 Å². The highest BCUT2D eigenvalue weighted by molar-refractivity contribution is 7.11. The van der Waals surface area contributed by atoms with E-state index in [1.165, 1.54) is 9.75 Å². The fraction of sp³-hybridized carbons (Fsp3) is 0.462. The average molecular weight is 265 g/mol. The first-order valence-electron chi connectivity index (χ1n) is 6.08. The highest BCUT2D eigenvalue weighted by atomic mass is 32.1. The number of thiophene rings is 1. The monoisotopic (exact) mass is 265 g/mol. The Kier molecular flexibility index (Phi) is 4.38. The summed E-state index contributed by atoms with van der Waals surface area (Å²) in [6, 6.07) is 6.35. The molecule has 0 aliphatic heterocycles. The van der Waals surface area contributed by atoms with E-state index in [2.05, 4.69) is 29.5 Å². The summed E-state index contributed by atoms with van der Waals surface area (Å²) >= 11 is 1.87. The summed E-state index contributed by atoms with van der Waals surface area (Å²) < 4.78 is 6.93. The third-order valence-corrected chi connectivity index (χ3v) is 4.00. The molecule has 18 heavy (non-hydrogen) atoms. The molecule has 2 aromatic heterocycles. The molecule has 0 aliphatic rings. The van der Waals surface area contributed by atoms with Crippen molar-refractivity contribution in [1.82, 2.24) is 15.1 Å². The molecule has 0 fully saturated rings. The third-order valence-electron chi connectivity index (χ3n) is 2.77. The van der Waals surface area contributed by atoms with Crippen LogP contribution in [-0.4, -0.2) is 16.9 Å². The van der Waals surface area contributed by atoms with Gasteiger partial charge < -0.3 is 10.1 Å². The van der Waals surface area contributed by atoms with Crippen molar-refractivity contribution in [3.63, 3.8) is 0 Å². The highest BCUT2D eigenvalue weighted by Crippen LogP contribution is 2.17. The standard InChI is InChI=1S/C13H19N3OS/c1-4-11-5-6-12(18-11)9-14-8-10-7-13(17-3)16(2)15-10/h5-7,14H,4,8-9H2,1-3H3. The lowest BCUT2D eigenvalue weighted by atomic mass is 10.3. The fourth-order valence-corrected chi connectivity index (χ4v) is 2.73. The molecule has 0 saturated carbocycles. The Morgan fingerprint density at radius 1 is 1.33 bits per heavy atom. The Balaban J connectivity index is 1.84. The molecule has 0 atom stereocenters. The Labute approximate surface area is 112 Å². The SMILES string of the molecule is CCc1ccc(CNCc2cc(OC)n(C)n2)s1. The van der Waals surface area contributed by atoms with Crippen LogP contribution in [0.1, 0.15) is 22.4 Å². The molecule has 98 valence electrons. The van der Waals surface area contributed by atoms with Crippen molar-refractivity contribution >= 4 is 11.3 Å². The van der Waals surface area contributed by atoms with Gasteiger partial charge in [-0.15, -0.1) is 11.3 Å². The van der Waals surface area contributed by atoms with E-state index in [-0.39, 0.29) is 0 Å². The normalized spacial score (nSPS) is 10.8. The van der Waals surface area contributed by atoms with Gasteiger partial charge in [-0.05, 0) is 18.6 Å². The Bertz CT molecular complexity index is 504. The number of aromatic nitrogens is 2. The largest absolute Gasteiger partial charge is 0.481 e. The zero-order valence-corrected chi connectivity index (χ0v) is 11.9.